The number of aromatic nitrogens is 2. The molecule has 2 aliphatic rings. The highest BCUT2D eigenvalue weighted by molar-refractivity contribution is 6.99. The molecule has 3 N–H and O–H groups in total. The lowest BCUT2D eigenvalue weighted by Crippen LogP contribution is -2.67. The molecule has 2 aliphatic heterocycles. The lowest BCUT2D eigenvalue weighted by Gasteiger charge is -2.45. The first kappa shape index (κ1) is 40.9. The van der Waals surface area contributed by atoms with Gasteiger partial charge in [0.25, 0.3) is 20.1 Å². The smallest absolute Gasteiger partial charge is 0.261 e. The Bertz CT molecular complexity index is 3080. The Hall–Kier alpha value is -6.16. The molecule has 0 spiro atoms. The van der Waals surface area contributed by atoms with Crippen molar-refractivity contribution >= 4 is 74.1 Å². The van der Waals surface area contributed by atoms with Gasteiger partial charge in [-0.15, -0.1) is 0 Å². The van der Waals surface area contributed by atoms with E-state index in [9.17, 15) is 19.1 Å². The largest absolute Gasteiger partial charge is 0.405 e. The van der Waals surface area contributed by atoms with Gasteiger partial charge in [-0.3, -0.25) is 14.9 Å². The number of amides is 2. The number of benzene rings is 6. The predicted molar refractivity (Wildman–Crippen MR) is 234 cm³/mol. The molecular weight excluding hydrogens is 831 g/mol. The van der Waals surface area contributed by atoms with Gasteiger partial charge >= 0.3 is 0 Å². The third-order valence-electron chi connectivity index (χ3n) is 12.5. The monoisotopic (exact) mass is 871 g/mol. The minimum atomic E-state index is -3.15. The van der Waals surface area contributed by atoms with Gasteiger partial charge in [-0.1, -0.05) is 112 Å². The number of nitrogens with zero attached hydrogens (tertiary/aromatic N) is 1. The van der Waals surface area contributed by atoms with Crippen molar-refractivity contribution in [2.75, 3.05) is 6.61 Å². The standard InChI is InChI=1S/C49H41F4N3O6Si/c1-49(2,3)63(28-15-9-5-10-16-28,29-17-11-6-12-18-29)61-25-27-19-38(57)45(60-24-26-13-7-4-8-14-26)48(62-27)56-37-23-35(53)33(51)21-31(37)40-42-41(46(58)55-47(42)59)39-30-20-32(50)34(52)22-36(30)54-43(39)44(40)56/h4-18,20-23,27,38,45,48,54,57H,19,24-25H2,1-3H3,(H,55,58,59)/t27-,38-,45+,48+/m0/s1. The van der Waals surface area contributed by atoms with E-state index in [0.29, 0.717) is 0 Å². The summed E-state index contributed by atoms with van der Waals surface area (Å²) in [6.45, 7) is 6.44. The van der Waals surface area contributed by atoms with Crippen molar-refractivity contribution in [1.82, 2.24) is 14.9 Å². The molecule has 8 aromatic rings. The Balaban J connectivity index is 1.20. The number of rotatable bonds is 9. The molecule has 6 aromatic carbocycles. The number of hydrogen-bond donors (Lipinski definition) is 3. The maximum absolute atomic E-state index is 15.7. The SMILES string of the molecule is CC(C)(C)[Si](OC[C@@H]1C[C@H](O)[C@@H](OCc2ccccc2)[C@H](n2c3cc(F)c(F)cc3c3c4c(c5c6cc(F)c(F)cc6[nH]c5c32)C(=O)NC4=O)O1)(c1ccccc1)c1ccccc1. The first-order chi connectivity index (χ1) is 30.3. The number of ether oxygens (including phenoxy) is 2. The van der Waals surface area contributed by atoms with Crippen LogP contribution in [0.5, 0.6) is 0 Å². The van der Waals surface area contributed by atoms with Crippen LogP contribution in [0.2, 0.25) is 5.04 Å². The summed E-state index contributed by atoms with van der Waals surface area (Å²) in [5.41, 5.74) is 0.889. The number of carbonyl (C=O) groups is 2. The van der Waals surface area contributed by atoms with Gasteiger partial charge in [0, 0.05) is 45.6 Å². The summed E-state index contributed by atoms with van der Waals surface area (Å²) in [4.78, 5) is 30.6. The fourth-order valence-corrected chi connectivity index (χ4v) is 14.4. The number of halogens is 4. The van der Waals surface area contributed by atoms with Crippen LogP contribution in [0.15, 0.2) is 115 Å². The first-order valence-electron chi connectivity index (χ1n) is 20.7. The van der Waals surface area contributed by atoms with Crippen molar-refractivity contribution in [3.63, 3.8) is 0 Å². The van der Waals surface area contributed by atoms with Crippen LogP contribution in [-0.2, 0) is 20.5 Å². The van der Waals surface area contributed by atoms with E-state index < -0.39 is 73.0 Å². The summed E-state index contributed by atoms with van der Waals surface area (Å²) in [6.07, 6.45) is -4.47. The number of hydrogen-bond acceptors (Lipinski definition) is 6. The molecule has 2 amide bonds. The van der Waals surface area contributed by atoms with Gasteiger partial charge in [-0.25, -0.2) is 17.6 Å². The molecule has 2 aromatic heterocycles. The van der Waals surface area contributed by atoms with Gasteiger partial charge in [-0.05, 0) is 33.1 Å². The van der Waals surface area contributed by atoms with Gasteiger partial charge in [0.2, 0.25) is 0 Å². The highest BCUT2D eigenvalue weighted by atomic mass is 28.4. The highest BCUT2D eigenvalue weighted by Crippen LogP contribution is 2.47. The molecule has 4 heterocycles. The second-order valence-corrected chi connectivity index (χ2v) is 21.6. The molecule has 0 aliphatic carbocycles. The van der Waals surface area contributed by atoms with Crippen molar-refractivity contribution in [1.29, 1.82) is 0 Å². The van der Waals surface area contributed by atoms with E-state index in [1.54, 1.807) is 0 Å². The van der Waals surface area contributed by atoms with Crippen molar-refractivity contribution in [3.05, 3.63) is 155 Å². The van der Waals surface area contributed by atoms with E-state index in [0.717, 1.165) is 40.2 Å². The van der Waals surface area contributed by atoms with E-state index in [4.69, 9.17) is 13.9 Å². The van der Waals surface area contributed by atoms with Crippen LogP contribution in [0, 0.1) is 23.3 Å². The van der Waals surface area contributed by atoms with Crippen molar-refractivity contribution in [3.8, 4) is 0 Å². The molecule has 10 rings (SSSR count). The molecule has 320 valence electrons. The van der Waals surface area contributed by atoms with Crippen LogP contribution >= 0.6 is 0 Å². The van der Waals surface area contributed by atoms with Gasteiger partial charge in [0.05, 0.1) is 53.1 Å². The summed E-state index contributed by atoms with van der Waals surface area (Å²) in [7, 11) is -3.15. The zero-order valence-electron chi connectivity index (χ0n) is 34.3. The third-order valence-corrected chi connectivity index (χ3v) is 17.5. The Morgan fingerprint density at radius 3 is 1.94 bits per heavy atom. The second kappa shape index (κ2) is 15.3. The van der Waals surface area contributed by atoms with Crippen LogP contribution in [-0.4, -0.2) is 59.7 Å². The Labute approximate surface area is 359 Å². The molecule has 14 heteroatoms. The fourth-order valence-electron chi connectivity index (χ4n) is 9.80. The second-order valence-electron chi connectivity index (χ2n) is 17.3. The zero-order chi connectivity index (χ0) is 43.9. The molecule has 4 atom stereocenters. The molecule has 9 nitrogen and oxygen atoms in total. The van der Waals surface area contributed by atoms with Crippen LogP contribution in [0.1, 0.15) is 59.7 Å². The number of aliphatic hydroxyl groups excluding tert-OH is 1. The van der Waals surface area contributed by atoms with Crippen LogP contribution in [0.25, 0.3) is 43.6 Å². The maximum atomic E-state index is 15.7. The van der Waals surface area contributed by atoms with E-state index in [2.05, 4.69) is 55.3 Å². The van der Waals surface area contributed by atoms with Gasteiger partial charge in [-0.2, -0.15) is 0 Å². The average molecular weight is 872 g/mol. The summed E-state index contributed by atoms with van der Waals surface area (Å²) in [6, 6.07) is 33.1. The molecule has 0 radical (unpaired) electrons. The fraction of sp³-hybridized carbons (Fsp3) is 0.224. The number of fused-ring (bicyclic) bond motifs is 10. The lowest BCUT2D eigenvalue weighted by atomic mass is 9.96. The number of carbonyl (C=O) groups excluding carboxylic acids is 2. The number of H-pyrrole nitrogens is 1. The van der Waals surface area contributed by atoms with E-state index in [-0.39, 0.29) is 74.4 Å². The molecule has 1 saturated heterocycles. The minimum Gasteiger partial charge on any atom is -0.405 e. The van der Waals surface area contributed by atoms with Gasteiger partial charge < -0.3 is 28.6 Å². The van der Waals surface area contributed by atoms with E-state index >= 15 is 13.2 Å². The lowest BCUT2D eigenvalue weighted by molar-refractivity contribution is -0.221. The van der Waals surface area contributed by atoms with Crippen LogP contribution in [0.3, 0.4) is 0 Å². The molecule has 1 fully saturated rings. The van der Waals surface area contributed by atoms with Gasteiger partial charge in [0.15, 0.2) is 29.5 Å². The molecular formula is C49H41F4N3O6Si. The summed E-state index contributed by atoms with van der Waals surface area (Å²) < 4.78 is 83.4. The minimum absolute atomic E-state index is 0.000965. The summed E-state index contributed by atoms with van der Waals surface area (Å²) in [5.74, 6) is -6.41. The normalized spacial score (nSPS) is 19.4. The summed E-state index contributed by atoms with van der Waals surface area (Å²) >= 11 is 0. The number of nitrogens with one attached hydrogen (secondary N) is 2. The maximum Gasteiger partial charge on any atom is 0.261 e. The van der Waals surface area contributed by atoms with Crippen molar-refractivity contribution in [2.45, 2.75) is 63.4 Å². The molecule has 0 bridgehead atoms. The number of aliphatic hydroxyl groups is 1. The van der Waals surface area contributed by atoms with Crippen LogP contribution < -0.4 is 15.7 Å². The quantitative estimate of drug-likeness (QED) is 0.0761. The summed E-state index contributed by atoms with van der Waals surface area (Å²) in [5, 5.41) is 16.5. The topological polar surface area (TPSA) is 115 Å². The first-order valence-corrected chi connectivity index (χ1v) is 22.6. The van der Waals surface area contributed by atoms with Crippen molar-refractivity contribution in [2.24, 2.45) is 0 Å². The van der Waals surface area contributed by atoms with Crippen LogP contribution in [0.4, 0.5) is 17.6 Å². The predicted octanol–water partition coefficient (Wildman–Crippen LogP) is 8.68. The van der Waals surface area contributed by atoms with Gasteiger partial charge in [0.1, 0.15) is 6.10 Å². The average Bonchev–Trinajstić information content (AvgIpc) is 3.88. The Morgan fingerprint density at radius 1 is 0.762 bits per heavy atom. The Morgan fingerprint density at radius 2 is 1.32 bits per heavy atom. The van der Waals surface area contributed by atoms with E-state index in [1.807, 2.05) is 66.7 Å². The highest BCUT2D eigenvalue weighted by Gasteiger charge is 2.51. The zero-order valence-corrected chi connectivity index (χ0v) is 35.3. The molecule has 63 heavy (non-hydrogen) atoms. The van der Waals surface area contributed by atoms with Crippen molar-refractivity contribution < 1.29 is 46.2 Å². The molecule has 0 saturated carbocycles. The number of aromatic amines is 1. The third kappa shape index (κ3) is 6.50. The number of imide groups is 1. The molecule has 0 unspecified atom stereocenters. The van der Waals surface area contributed by atoms with E-state index in [1.165, 1.54) is 4.57 Å². The Kier molecular flexibility index (Phi) is 9.91.